The van der Waals surface area contributed by atoms with Crippen LogP contribution in [0.15, 0.2) is 48.5 Å². The number of nitrogens with two attached hydrogens (primary N) is 2. The van der Waals surface area contributed by atoms with Gasteiger partial charge in [-0.1, -0.05) is 30.3 Å². The molecule has 1 unspecified atom stereocenters. The van der Waals surface area contributed by atoms with E-state index in [4.69, 9.17) is 11.6 Å². The summed E-state index contributed by atoms with van der Waals surface area (Å²) in [5.41, 5.74) is 5.93. The SMILES string of the molecule is CC(CC=O)N(N)c1nc(Nc2ccc3ccccc3c2)c(C(N)=O)cc1F. The maximum atomic E-state index is 14.5. The fraction of sp³-hybridized carbons (Fsp3) is 0.150. The van der Waals surface area contributed by atoms with Crippen LogP contribution in [0.4, 0.5) is 21.7 Å². The van der Waals surface area contributed by atoms with Crippen LogP contribution in [0, 0.1) is 5.82 Å². The Morgan fingerprint density at radius 2 is 1.96 bits per heavy atom. The van der Waals surface area contributed by atoms with Gasteiger partial charge in [-0.2, -0.15) is 0 Å². The fourth-order valence-electron chi connectivity index (χ4n) is 2.81. The first kappa shape index (κ1) is 19.2. The van der Waals surface area contributed by atoms with E-state index in [2.05, 4.69) is 10.3 Å². The highest BCUT2D eigenvalue weighted by Gasteiger charge is 2.21. The highest BCUT2D eigenvalue weighted by atomic mass is 19.1. The van der Waals surface area contributed by atoms with Gasteiger partial charge in [0.15, 0.2) is 11.6 Å². The summed E-state index contributed by atoms with van der Waals surface area (Å²) >= 11 is 0. The number of hydrogen-bond acceptors (Lipinski definition) is 6. The van der Waals surface area contributed by atoms with Crippen molar-refractivity contribution >= 4 is 40.3 Å². The molecule has 1 atom stereocenters. The molecule has 2 aromatic carbocycles. The van der Waals surface area contributed by atoms with E-state index in [0.717, 1.165) is 21.8 Å². The lowest BCUT2D eigenvalue weighted by atomic mass is 10.1. The van der Waals surface area contributed by atoms with Crippen LogP contribution in [0.5, 0.6) is 0 Å². The van der Waals surface area contributed by atoms with Crippen molar-refractivity contribution in [3.05, 3.63) is 59.9 Å². The minimum atomic E-state index is -0.828. The molecule has 3 aromatic rings. The molecule has 28 heavy (non-hydrogen) atoms. The number of rotatable bonds is 7. The van der Waals surface area contributed by atoms with Crippen LogP contribution in [-0.2, 0) is 4.79 Å². The number of fused-ring (bicyclic) bond motifs is 1. The number of amides is 1. The first-order valence-electron chi connectivity index (χ1n) is 8.64. The molecular formula is C20H20FN5O2. The van der Waals surface area contributed by atoms with E-state index in [1.807, 2.05) is 42.5 Å². The third-order valence-corrected chi connectivity index (χ3v) is 4.39. The van der Waals surface area contributed by atoms with Crippen LogP contribution in [-0.4, -0.2) is 23.2 Å². The molecule has 0 aliphatic heterocycles. The van der Waals surface area contributed by atoms with Gasteiger partial charge in [-0.3, -0.25) is 9.80 Å². The Bertz CT molecular complexity index is 1040. The molecule has 0 radical (unpaired) electrons. The zero-order chi connectivity index (χ0) is 20.3. The van der Waals surface area contributed by atoms with Gasteiger partial charge in [0.05, 0.1) is 11.6 Å². The van der Waals surface area contributed by atoms with Crippen molar-refractivity contribution in [2.75, 3.05) is 10.3 Å². The lowest BCUT2D eigenvalue weighted by molar-refractivity contribution is -0.108. The van der Waals surface area contributed by atoms with Crippen molar-refractivity contribution in [3.8, 4) is 0 Å². The number of nitrogens with one attached hydrogen (secondary N) is 1. The van der Waals surface area contributed by atoms with Gasteiger partial charge < -0.3 is 15.8 Å². The highest BCUT2D eigenvalue weighted by molar-refractivity contribution is 5.99. The van der Waals surface area contributed by atoms with Crippen molar-refractivity contribution < 1.29 is 14.0 Å². The number of aldehydes is 1. The van der Waals surface area contributed by atoms with Crippen LogP contribution in [0.3, 0.4) is 0 Å². The van der Waals surface area contributed by atoms with E-state index in [0.29, 0.717) is 12.0 Å². The number of benzene rings is 2. The van der Waals surface area contributed by atoms with Crippen molar-refractivity contribution in [2.24, 2.45) is 11.6 Å². The number of halogens is 1. The van der Waals surface area contributed by atoms with E-state index in [1.165, 1.54) is 0 Å². The quantitative estimate of drug-likeness (QED) is 0.329. The molecule has 1 heterocycles. The molecule has 8 heteroatoms. The fourth-order valence-corrected chi connectivity index (χ4v) is 2.81. The second kappa shape index (κ2) is 8.01. The third-order valence-electron chi connectivity index (χ3n) is 4.39. The van der Waals surface area contributed by atoms with Gasteiger partial charge in [-0.25, -0.2) is 15.2 Å². The maximum Gasteiger partial charge on any atom is 0.252 e. The molecule has 0 saturated heterocycles. The summed E-state index contributed by atoms with van der Waals surface area (Å²) in [4.78, 5) is 26.7. The van der Waals surface area contributed by atoms with Gasteiger partial charge in [0.1, 0.15) is 12.1 Å². The third kappa shape index (κ3) is 3.91. The molecule has 0 bridgehead atoms. The van der Waals surface area contributed by atoms with Crippen LogP contribution in [0.2, 0.25) is 0 Å². The smallest absolute Gasteiger partial charge is 0.252 e. The summed E-state index contributed by atoms with van der Waals surface area (Å²) in [6.45, 7) is 1.66. The number of aromatic nitrogens is 1. The molecule has 0 aliphatic rings. The Hall–Kier alpha value is -3.52. The molecular weight excluding hydrogens is 361 g/mol. The van der Waals surface area contributed by atoms with Gasteiger partial charge in [-0.15, -0.1) is 0 Å². The van der Waals surface area contributed by atoms with Gasteiger partial charge in [0, 0.05) is 12.1 Å². The average Bonchev–Trinajstić information content (AvgIpc) is 2.68. The number of carbonyl (C=O) groups excluding carboxylic acids is 2. The standard InChI is InChI=1S/C20H20FN5O2/c1-12(8-9-27)26(23)20-17(21)11-16(18(22)28)19(25-20)24-15-7-6-13-4-2-3-5-14(13)10-15/h2-7,9-12H,8,23H2,1H3,(H2,22,28)(H,24,25). The van der Waals surface area contributed by atoms with Gasteiger partial charge in [0.2, 0.25) is 0 Å². The zero-order valence-electron chi connectivity index (χ0n) is 15.2. The number of hydrogen-bond donors (Lipinski definition) is 3. The molecule has 5 N–H and O–H groups in total. The van der Waals surface area contributed by atoms with Gasteiger partial charge in [0.25, 0.3) is 5.91 Å². The Labute approximate surface area is 161 Å². The molecule has 144 valence electrons. The number of nitrogens with zero attached hydrogens (tertiary/aromatic N) is 2. The normalized spacial score (nSPS) is 11.8. The lowest BCUT2D eigenvalue weighted by Crippen LogP contribution is -2.41. The van der Waals surface area contributed by atoms with E-state index in [9.17, 15) is 14.0 Å². The zero-order valence-corrected chi connectivity index (χ0v) is 15.2. The lowest BCUT2D eigenvalue weighted by Gasteiger charge is -2.25. The maximum absolute atomic E-state index is 14.5. The molecule has 0 spiro atoms. The Kier molecular flexibility index (Phi) is 5.51. The van der Waals surface area contributed by atoms with Crippen LogP contribution in [0.25, 0.3) is 10.8 Å². The Morgan fingerprint density at radius 1 is 1.25 bits per heavy atom. The summed E-state index contributed by atoms with van der Waals surface area (Å²) in [7, 11) is 0. The number of primary amides is 1. The molecule has 3 rings (SSSR count). The number of anilines is 3. The predicted octanol–water partition coefficient (Wildman–Crippen LogP) is 2.87. The molecule has 0 saturated carbocycles. The van der Waals surface area contributed by atoms with E-state index in [-0.39, 0.29) is 23.6 Å². The second-order valence-corrected chi connectivity index (χ2v) is 6.40. The molecule has 7 nitrogen and oxygen atoms in total. The van der Waals surface area contributed by atoms with Crippen LogP contribution in [0.1, 0.15) is 23.7 Å². The summed E-state index contributed by atoms with van der Waals surface area (Å²) in [5.74, 6) is 4.17. The van der Waals surface area contributed by atoms with Crippen LogP contribution < -0.4 is 21.9 Å². The van der Waals surface area contributed by atoms with Crippen molar-refractivity contribution in [1.29, 1.82) is 0 Å². The van der Waals surface area contributed by atoms with Crippen molar-refractivity contribution in [2.45, 2.75) is 19.4 Å². The summed E-state index contributed by atoms with van der Waals surface area (Å²) in [6, 6.07) is 13.9. The predicted molar refractivity (Wildman–Crippen MR) is 107 cm³/mol. The van der Waals surface area contributed by atoms with E-state index < -0.39 is 17.8 Å². The first-order chi connectivity index (χ1) is 13.4. The van der Waals surface area contributed by atoms with Gasteiger partial charge in [-0.05, 0) is 35.9 Å². The largest absolute Gasteiger partial charge is 0.365 e. The molecule has 0 aliphatic carbocycles. The Morgan fingerprint density at radius 3 is 2.64 bits per heavy atom. The monoisotopic (exact) mass is 381 g/mol. The number of pyridine rings is 1. The molecule has 1 aromatic heterocycles. The minimum absolute atomic E-state index is 0.0768. The highest BCUT2D eigenvalue weighted by Crippen LogP contribution is 2.27. The number of hydrazine groups is 1. The summed E-state index contributed by atoms with van der Waals surface area (Å²) < 4.78 is 14.5. The van der Waals surface area contributed by atoms with Gasteiger partial charge >= 0.3 is 0 Å². The van der Waals surface area contributed by atoms with E-state index in [1.54, 1.807) is 6.92 Å². The summed E-state index contributed by atoms with van der Waals surface area (Å²) in [6.07, 6.45) is 0.789. The Balaban J connectivity index is 2.02. The molecule has 1 amide bonds. The van der Waals surface area contributed by atoms with Crippen molar-refractivity contribution in [1.82, 2.24) is 4.98 Å². The van der Waals surface area contributed by atoms with Crippen LogP contribution >= 0.6 is 0 Å². The van der Waals surface area contributed by atoms with E-state index >= 15 is 0 Å². The second-order valence-electron chi connectivity index (χ2n) is 6.40. The first-order valence-corrected chi connectivity index (χ1v) is 8.64. The molecule has 0 fully saturated rings. The minimum Gasteiger partial charge on any atom is -0.365 e. The average molecular weight is 381 g/mol. The topological polar surface area (TPSA) is 114 Å². The van der Waals surface area contributed by atoms with Crippen molar-refractivity contribution in [3.63, 3.8) is 0 Å². The number of carbonyl (C=O) groups is 2. The summed E-state index contributed by atoms with van der Waals surface area (Å²) in [5, 5.41) is 6.09.